The van der Waals surface area contributed by atoms with Gasteiger partial charge in [-0.1, -0.05) is 13.8 Å². The second kappa shape index (κ2) is 10.5. The van der Waals surface area contributed by atoms with Crippen LogP contribution in [-0.2, 0) is 42.7 Å². The lowest BCUT2D eigenvalue weighted by molar-refractivity contribution is -0.121. The third kappa shape index (κ3) is 5.46. The number of amides is 1. The van der Waals surface area contributed by atoms with Gasteiger partial charge in [0.2, 0.25) is 6.41 Å². The standard InChI is InChI=1S/C29H33N7O3/c1-18-10-20-12-29(3,4)13-26(20)36(18)15-25-23(16-39-32-17-37)22(6-8-31-25)21-11-24(28(38)35(5)14-21)34-27-7-9-30-19(2)33-27/h6-11,14,17H,12-13,15-16H2,1-5H3,(H,32,37)(H,30,33,34). The Bertz CT molecular complexity index is 1600. The van der Waals surface area contributed by atoms with Gasteiger partial charge in [0, 0.05) is 48.2 Å². The monoisotopic (exact) mass is 527 g/mol. The second-order valence-electron chi connectivity index (χ2n) is 10.8. The van der Waals surface area contributed by atoms with E-state index in [1.807, 2.05) is 6.07 Å². The van der Waals surface area contributed by atoms with Crippen LogP contribution in [0.3, 0.4) is 0 Å². The maximum absolute atomic E-state index is 13.0. The van der Waals surface area contributed by atoms with E-state index in [1.165, 1.54) is 21.5 Å². The SMILES string of the molecule is Cc1nccc(Nc2cc(-c3ccnc(Cn4c(C)cc5c4CC(C)(C)C5)c3CONC=O)cn(C)c2=O)n1. The van der Waals surface area contributed by atoms with Gasteiger partial charge in [-0.15, -0.1) is 0 Å². The number of carbonyl (C=O) groups excluding carboxylic acids is 1. The van der Waals surface area contributed by atoms with Crippen LogP contribution < -0.4 is 16.4 Å². The molecule has 39 heavy (non-hydrogen) atoms. The Balaban J connectivity index is 1.57. The Kier molecular flexibility index (Phi) is 7.05. The Morgan fingerprint density at radius 3 is 2.69 bits per heavy atom. The molecule has 0 spiro atoms. The third-order valence-electron chi connectivity index (χ3n) is 7.15. The van der Waals surface area contributed by atoms with E-state index in [0.29, 0.717) is 30.3 Å². The minimum atomic E-state index is -0.189. The third-order valence-corrected chi connectivity index (χ3v) is 7.15. The number of nitrogens with one attached hydrogen (secondary N) is 2. The van der Waals surface area contributed by atoms with Gasteiger partial charge in [0.25, 0.3) is 5.56 Å². The first-order valence-electron chi connectivity index (χ1n) is 12.9. The molecule has 1 aliphatic rings. The number of anilines is 2. The van der Waals surface area contributed by atoms with E-state index in [-0.39, 0.29) is 17.6 Å². The van der Waals surface area contributed by atoms with Gasteiger partial charge in [0.1, 0.15) is 23.9 Å². The van der Waals surface area contributed by atoms with Crippen molar-refractivity contribution in [1.82, 2.24) is 29.6 Å². The van der Waals surface area contributed by atoms with Crippen molar-refractivity contribution in [2.45, 2.75) is 53.7 Å². The van der Waals surface area contributed by atoms with E-state index in [0.717, 1.165) is 35.2 Å². The summed E-state index contributed by atoms with van der Waals surface area (Å²) >= 11 is 0. The fourth-order valence-electron chi connectivity index (χ4n) is 5.43. The van der Waals surface area contributed by atoms with Gasteiger partial charge in [-0.3, -0.25) is 19.4 Å². The summed E-state index contributed by atoms with van der Waals surface area (Å²) in [5, 5.41) is 3.14. The number of pyridine rings is 2. The van der Waals surface area contributed by atoms with Crippen LogP contribution in [0.1, 0.15) is 47.9 Å². The van der Waals surface area contributed by atoms with Gasteiger partial charge >= 0.3 is 0 Å². The van der Waals surface area contributed by atoms with Crippen molar-refractivity contribution in [3.05, 3.63) is 87.2 Å². The molecule has 0 aromatic carbocycles. The fraction of sp³-hybridized carbons (Fsp3) is 0.345. The largest absolute Gasteiger partial charge is 0.343 e. The summed E-state index contributed by atoms with van der Waals surface area (Å²) in [7, 11) is 1.71. The van der Waals surface area contributed by atoms with Gasteiger partial charge in [0.15, 0.2) is 0 Å². The molecule has 1 aliphatic carbocycles. The zero-order valence-electron chi connectivity index (χ0n) is 22.9. The number of rotatable bonds is 9. The molecule has 0 atom stereocenters. The Morgan fingerprint density at radius 2 is 1.92 bits per heavy atom. The maximum atomic E-state index is 13.0. The molecule has 5 rings (SSSR count). The minimum absolute atomic E-state index is 0.113. The predicted molar refractivity (Wildman–Crippen MR) is 148 cm³/mol. The molecule has 4 aromatic rings. The molecular formula is C29H33N7O3. The number of nitrogens with zero attached hydrogens (tertiary/aromatic N) is 5. The first-order valence-corrected chi connectivity index (χ1v) is 12.9. The molecule has 4 aromatic heterocycles. The Labute approximate surface area is 227 Å². The zero-order chi connectivity index (χ0) is 27.7. The summed E-state index contributed by atoms with van der Waals surface area (Å²) in [6.45, 7) is 9.19. The summed E-state index contributed by atoms with van der Waals surface area (Å²) in [6.07, 6.45) is 7.77. The van der Waals surface area contributed by atoms with Crippen molar-refractivity contribution in [3.8, 4) is 11.1 Å². The normalized spacial score (nSPS) is 13.8. The average Bonchev–Trinajstić information content (AvgIpc) is 3.33. The van der Waals surface area contributed by atoms with Crippen LogP contribution in [-0.4, -0.2) is 30.5 Å². The van der Waals surface area contributed by atoms with Gasteiger partial charge in [-0.25, -0.2) is 15.4 Å². The van der Waals surface area contributed by atoms with E-state index >= 15 is 0 Å². The van der Waals surface area contributed by atoms with Gasteiger partial charge in [0.05, 0.1) is 12.2 Å². The molecule has 202 valence electrons. The number of carbonyl (C=O) groups is 1. The van der Waals surface area contributed by atoms with Crippen molar-refractivity contribution in [2.75, 3.05) is 5.32 Å². The molecule has 4 heterocycles. The van der Waals surface area contributed by atoms with E-state index < -0.39 is 0 Å². The lowest BCUT2D eigenvalue weighted by Crippen LogP contribution is -2.20. The topological polar surface area (TPSA) is 116 Å². The molecule has 10 nitrogen and oxygen atoms in total. The van der Waals surface area contributed by atoms with Crippen LogP contribution in [0.2, 0.25) is 0 Å². The number of hydroxylamine groups is 1. The Hall–Kier alpha value is -4.31. The zero-order valence-corrected chi connectivity index (χ0v) is 22.9. The summed E-state index contributed by atoms with van der Waals surface area (Å²) < 4.78 is 3.86. The molecule has 10 heteroatoms. The summed E-state index contributed by atoms with van der Waals surface area (Å²) in [5.41, 5.74) is 9.96. The van der Waals surface area contributed by atoms with Crippen molar-refractivity contribution in [2.24, 2.45) is 12.5 Å². The van der Waals surface area contributed by atoms with Gasteiger partial charge in [-0.05, 0) is 67.5 Å². The highest BCUT2D eigenvalue weighted by molar-refractivity contribution is 5.72. The maximum Gasteiger partial charge on any atom is 0.274 e. The number of aryl methyl sites for hydroxylation is 3. The molecule has 0 radical (unpaired) electrons. The van der Waals surface area contributed by atoms with E-state index in [4.69, 9.17) is 9.82 Å². The van der Waals surface area contributed by atoms with Gasteiger partial charge < -0.3 is 14.5 Å². The summed E-state index contributed by atoms with van der Waals surface area (Å²) in [6, 6.07) is 7.69. The second-order valence-corrected chi connectivity index (χ2v) is 10.8. The molecule has 1 amide bonds. The van der Waals surface area contributed by atoms with Gasteiger partial charge in [-0.2, -0.15) is 0 Å². The van der Waals surface area contributed by atoms with Crippen molar-refractivity contribution < 1.29 is 9.63 Å². The number of hydrogen-bond donors (Lipinski definition) is 2. The van der Waals surface area contributed by atoms with E-state index in [1.54, 1.807) is 44.7 Å². The molecule has 0 unspecified atom stereocenters. The summed E-state index contributed by atoms with van der Waals surface area (Å²) in [5.74, 6) is 1.13. The first-order chi connectivity index (χ1) is 18.6. The molecule has 0 bridgehead atoms. The molecule has 0 saturated carbocycles. The molecule has 2 N–H and O–H groups in total. The highest BCUT2D eigenvalue weighted by Gasteiger charge is 2.32. The molecule has 0 fully saturated rings. The van der Waals surface area contributed by atoms with Crippen LogP contribution in [0.15, 0.2) is 47.7 Å². The van der Waals surface area contributed by atoms with Crippen molar-refractivity contribution in [1.29, 1.82) is 0 Å². The highest BCUT2D eigenvalue weighted by atomic mass is 16.6. The van der Waals surface area contributed by atoms with Crippen LogP contribution in [0.5, 0.6) is 0 Å². The lowest BCUT2D eigenvalue weighted by atomic mass is 9.90. The minimum Gasteiger partial charge on any atom is -0.343 e. The molecule has 0 aliphatic heterocycles. The molecule has 0 saturated heterocycles. The van der Waals surface area contributed by atoms with Crippen LogP contribution in [0, 0.1) is 19.3 Å². The molecular weight excluding hydrogens is 494 g/mol. The van der Waals surface area contributed by atoms with E-state index in [2.05, 4.69) is 52.2 Å². The van der Waals surface area contributed by atoms with Crippen molar-refractivity contribution >= 4 is 17.9 Å². The number of fused-ring (bicyclic) bond motifs is 1. The number of hydrogen-bond acceptors (Lipinski definition) is 7. The van der Waals surface area contributed by atoms with E-state index in [9.17, 15) is 9.59 Å². The van der Waals surface area contributed by atoms with Crippen LogP contribution in [0.25, 0.3) is 11.1 Å². The van der Waals surface area contributed by atoms with Crippen molar-refractivity contribution in [3.63, 3.8) is 0 Å². The smallest absolute Gasteiger partial charge is 0.274 e. The van der Waals surface area contributed by atoms with Crippen LogP contribution in [0.4, 0.5) is 11.5 Å². The number of aromatic nitrogens is 5. The van der Waals surface area contributed by atoms with Crippen LogP contribution >= 0.6 is 0 Å². The highest BCUT2D eigenvalue weighted by Crippen LogP contribution is 2.38. The first kappa shape index (κ1) is 26.3. The Morgan fingerprint density at radius 1 is 1.13 bits per heavy atom. The quantitative estimate of drug-likeness (QED) is 0.193. The summed E-state index contributed by atoms with van der Waals surface area (Å²) in [4.78, 5) is 42.6. The fourth-order valence-corrected chi connectivity index (χ4v) is 5.43. The predicted octanol–water partition coefficient (Wildman–Crippen LogP) is 3.75. The lowest BCUT2D eigenvalue weighted by Gasteiger charge is -2.20. The average molecular weight is 528 g/mol.